The number of nitrogens with one attached hydrogen (secondary N) is 1. The maximum absolute atomic E-state index is 13.6. The number of carbonyl (C=O) groups excluding carboxylic acids is 1. The molecule has 1 unspecified atom stereocenters. The molecule has 0 radical (unpaired) electrons. The van der Waals surface area contributed by atoms with E-state index in [0.29, 0.717) is 11.4 Å². The van der Waals surface area contributed by atoms with Gasteiger partial charge in [-0.3, -0.25) is 4.79 Å². The molecule has 180 valence electrons. The molecule has 0 aliphatic carbocycles. The Morgan fingerprint density at radius 3 is 2.36 bits per heavy atom. The number of aromatic nitrogens is 4. The Kier molecular flexibility index (Phi) is 6.32. The van der Waals surface area contributed by atoms with Crippen LogP contribution in [-0.2, 0) is 7.05 Å². The zero-order chi connectivity index (χ0) is 25.1. The van der Waals surface area contributed by atoms with Gasteiger partial charge in [0.1, 0.15) is 23.4 Å². The van der Waals surface area contributed by atoms with Gasteiger partial charge in [-0.15, -0.1) is 0 Å². The highest BCUT2D eigenvalue weighted by molar-refractivity contribution is 5.94. The summed E-state index contributed by atoms with van der Waals surface area (Å²) in [4.78, 5) is 17.9. The van der Waals surface area contributed by atoms with E-state index in [0.717, 1.165) is 22.7 Å². The van der Waals surface area contributed by atoms with Gasteiger partial charge in [0, 0.05) is 25.0 Å². The molecule has 1 N–H and O–H groups in total. The van der Waals surface area contributed by atoms with Crippen molar-refractivity contribution in [2.45, 2.75) is 6.04 Å². The summed E-state index contributed by atoms with van der Waals surface area (Å²) in [7, 11) is 3.46. The summed E-state index contributed by atoms with van der Waals surface area (Å²) in [5.74, 6) is 0.624. The van der Waals surface area contributed by atoms with E-state index in [1.165, 1.54) is 12.1 Å². The van der Waals surface area contributed by atoms with E-state index in [1.807, 2.05) is 66.2 Å². The summed E-state index contributed by atoms with van der Waals surface area (Å²) in [6.45, 7) is 0. The molecule has 0 aliphatic rings. The first kappa shape index (κ1) is 23.0. The fourth-order valence-corrected chi connectivity index (χ4v) is 4.04. The molecule has 0 bridgehead atoms. The van der Waals surface area contributed by atoms with Gasteiger partial charge in [0.15, 0.2) is 5.69 Å². The Morgan fingerprint density at radius 1 is 1.00 bits per heavy atom. The Hall–Kier alpha value is -4.72. The lowest BCUT2D eigenvalue weighted by molar-refractivity contribution is 0.0935. The second-order valence-corrected chi connectivity index (χ2v) is 8.25. The number of ether oxygens (including phenoxy) is 1. The number of carbonyl (C=O) groups is 1. The molecule has 1 amide bonds. The average Bonchev–Trinajstić information content (AvgIpc) is 3.55. The molecule has 0 aliphatic heterocycles. The molecule has 7 nitrogen and oxygen atoms in total. The van der Waals surface area contributed by atoms with Gasteiger partial charge in [0.2, 0.25) is 0 Å². The van der Waals surface area contributed by atoms with Crippen molar-refractivity contribution in [2.75, 3.05) is 7.11 Å². The van der Waals surface area contributed by atoms with Crippen LogP contribution >= 0.6 is 0 Å². The summed E-state index contributed by atoms with van der Waals surface area (Å²) in [5, 5.41) is 7.68. The minimum Gasteiger partial charge on any atom is -0.497 e. The average molecular weight is 482 g/mol. The van der Waals surface area contributed by atoms with E-state index in [9.17, 15) is 9.18 Å². The standard InChI is InChI=1S/C28H24FN5O2/c1-33-17-16-30-27(33)26(20-8-12-21(29)13-9-20)31-28(35)24-18-25(19-10-14-23(36-2)15-11-19)34(32-24)22-6-4-3-5-7-22/h3-18,26H,1-2H3,(H,31,35). The predicted octanol–water partition coefficient (Wildman–Crippen LogP) is 4.94. The maximum Gasteiger partial charge on any atom is 0.272 e. The molecule has 0 fully saturated rings. The van der Waals surface area contributed by atoms with E-state index in [2.05, 4.69) is 15.4 Å². The van der Waals surface area contributed by atoms with Crippen LogP contribution in [0.1, 0.15) is 27.9 Å². The fourth-order valence-electron chi connectivity index (χ4n) is 4.04. The van der Waals surface area contributed by atoms with Gasteiger partial charge in [-0.25, -0.2) is 14.1 Å². The second-order valence-electron chi connectivity index (χ2n) is 8.25. The number of imidazole rings is 1. The number of para-hydroxylation sites is 1. The number of nitrogens with zero attached hydrogens (tertiary/aromatic N) is 4. The lowest BCUT2D eigenvalue weighted by Crippen LogP contribution is -2.31. The van der Waals surface area contributed by atoms with Gasteiger partial charge in [0.25, 0.3) is 5.91 Å². The van der Waals surface area contributed by atoms with Gasteiger partial charge in [0.05, 0.1) is 18.5 Å². The fraction of sp³-hybridized carbons (Fsp3) is 0.107. The molecule has 1 atom stereocenters. The van der Waals surface area contributed by atoms with Crippen LogP contribution in [0.4, 0.5) is 4.39 Å². The van der Waals surface area contributed by atoms with Crippen LogP contribution in [-0.4, -0.2) is 32.3 Å². The first-order valence-electron chi connectivity index (χ1n) is 11.4. The molecule has 0 saturated carbocycles. The zero-order valence-corrected chi connectivity index (χ0v) is 19.8. The van der Waals surface area contributed by atoms with E-state index >= 15 is 0 Å². The molecule has 0 spiro atoms. The van der Waals surface area contributed by atoms with Gasteiger partial charge >= 0.3 is 0 Å². The molecule has 5 aromatic rings. The van der Waals surface area contributed by atoms with Crippen molar-refractivity contribution in [3.8, 4) is 22.7 Å². The zero-order valence-electron chi connectivity index (χ0n) is 19.8. The monoisotopic (exact) mass is 481 g/mol. The third-order valence-electron chi connectivity index (χ3n) is 5.92. The van der Waals surface area contributed by atoms with Crippen LogP contribution in [0, 0.1) is 5.82 Å². The molecule has 0 saturated heterocycles. The van der Waals surface area contributed by atoms with Crippen LogP contribution in [0.2, 0.25) is 0 Å². The minimum atomic E-state index is -0.593. The van der Waals surface area contributed by atoms with E-state index in [4.69, 9.17) is 4.74 Å². The topological polar surface area (TPSA) is 74.0 Å². The van der Waals surface area contributed by atoms with Gasteiger partial charge in [-0.2, -0.15) is 5.10 Å². The Labute approximate surface area is 207 Å². The lowest BCUT2D eigenvalue weighted by atomic mass is 10.1. The van der Waals surface area contributed by atoms with Crippen LogP contribution in [0.5, 0.6) is 5.75 Å². The summed E-state index contributed by atoms with van der Waals surface area (Å²) in [6, 6.07) is 24.4. The molecule has 8 heteroatoms. The van der Waals surface area contributed by atoms with Crippen LogP contribution in [0.25, 0.3) is 16.9 Å². The second kappa shape index (κ2) is 9.87. The molecule has 3 aromatic carbocycles. The quantitative estimate of drug-likeness (QED) is 0.357. The van der Waals surface area contributed by atoms with E-state index < -0.39 is 6.04 Å². The maximum atomic E-state index is 13.6. The Bertz CT molecular complexity index is 1470. The Balaban J connectivity index is 1.54. The first-order chi connectivity index (χ1) is 17.5. The Morgan fingerprint density at radius 2 is 1.72 bits per heavy atom. The minimum absolute atomic E-state index is 0.242. The normalized spacial score (nSPS) is 11.8. The third-order valence-corrected chi connectivity index (χ3v) is 5.92. The van der Waals surface area contributed by atoms with Crippen molar-refractivity contribution in [1.82, 2.24) is 24.6 Å². The molecular formula is C28H24FN5O2. The lowest BCUT2D eigenvalue weighted by Gasteiger charge is -2.18. The molecule has 2 aromatic heterocycles. The number of halogens is 1. The van der Waals surface area contributed by atoms with Gasteiger partial charge in [-0.05, 0) is 60.2 Å². The number of methoxy groups -OCH3 is 1. The van der Waals surface area contributed by atoms with Crippen molar-refractivity contribution in [2.24, 2.45) is 7.05 Å². The summed E-state index contributed by atoms with van der Waals surface area (Å²) in [5.41, 5.74) is 3.40. The van der Waals surface area contributed by atoms with Crippen molar-refractivity contribution < 1.29 is 13.9 Å². The number of benzene rings is 3. The summed E-state index contributed by atoms with van der Waals surface area (Å²) < 4.78 is 22.4. The van der Waals surface area contributed by atoms with Crippen molar-refractivity contribution in [3.63, 3.8) is 0 Å². The number of rotatable bonds is 7. The number of aryl methyl sites for hydroxylation is 1. The molecule has 36 heavy (non-hydrogen) atoms. The highest BCUT2D eigenvalue weighted by atomic mass is 19.1. The summed E-state index contributed by atoms with van der Waals surface area (Å²) >= 11 is 0. The predicted molar refractivity (Wildman–Crippen MR) is 134 cm³/mol. The SMILES string of the molecule is COc1ccc(-c2cc(C(=O)NC(c3ccc(F)cc3)c3nccn3C)nn2-c2ccccc2)cc1. The molecule has 2 heterocycles. The van der Waals surface area contributed by atoms with Crippen LogP contribution in [0.3, 0.4) is 0 Å². The first-order valence-corrected chi connectivity index (χ1v) is 11.4. The summed E-state index contributed by atoms with van der Waals surface area (Å²) in [6.07, 6.45) is 3.45. The van der Waals surface area contributed by atoms with Crippen LogP contribution < -0.4 is 10.1 Å². The highest BCUT2D eigenvalue weighted by Gasteiger charge is 2.24. The third kappa shape index (κ3) is 4.61. The van der Waals surface area contributed by atoms with Crippen molar-refractivity contribution in [1.29, 1.82) is 0 Å². The van der Waals surface area contributed by atoms with Gasteiger partial charge < -0.3 is 14.6 Å². The van der Waals surface area contributed by atoms with E-state index in [1.54, 1.807) is 42.4 Å². The molecular weight excluding hydrogens is 457 g/mol. The number of hydrogen-bond donors (Lipinski definition) is 1. The van der Waals surface area contributed by atoms with Crippen LogP contribution in [0.15, 0.2) is 97.3 Å². The van der Waals surface area contributed by atoms with E-state index in [-0.39, 0.29) is 17.4 Å². The number of hydrogen-bond acceptors (Lipinski definition) is 4. The smallest absolute Gasteiger partial charge is 0.272 e. The largest absolute Gasteiger partial charge is 0.497 e. The van der Waals surface area contributed by atoms with Gasteiger partial charge in [-0.1, -0.05) is 30.3 Å². The number of amides is 1. The highest BCUT2D eigenvalue weighted by Crippen LogP contribution is 2.27. The van der Waals surface area contributed by atoms with Crippen molar-refractivity contribution in [3.05, 3.63) is 120 Å². The molecule has 5 rings (SSSR count). The van der Waals surface area contributed by atoms with Crippen molar-refractivity contribution >= 4 is 5.91 Å².